The number of aliphatic hydroxyl groups excluding tert-OH is 1. The molecule has 3 aliphatic rings. The minimum absolute atomic E-state index is 0.0300. The molecule has 1 aromatic rings. The Kier molecular flexibility index (Phi) is 8.87. The van der Waals surface area contributed by atoms with E-state index in [0.717, 1.165) is 18.5 Å². The fourth-order valence-electron chi connectivity index (χ4n) is 7.76. The van der Waals surface area contributed by atoms with Gasteiger partial charge < -0.3 is 19.8 Å². The number of carbonyl (C=O) groups is 3. The fraction of sp³-hybridized carbons (Fsp3) is 0.606. The van der Waals surface area contributed by atoms with Crippen molar-refractivity contribution in [3.8, 4) is 0 Å². The molecule has 3 amide bonds. The van der Waals surface area contributed by atoms with Crippen molar-refractivity contribution < 1.29 is 19.5 Å². The molecule has 4 rings (SSSR count). The summed E-state index contributed by atoms with van der Waals surface area (Å²) in [5.74, 6) is -1.61. The number of para-hydroxylation sites is 1. The molecule has 2 bridgehead atoms. The SMILES string of the molecule is C=CCN(C(=O)[C@@H]1[C@H]2C(=O)N([C@H](C)CO)C(C(=O)N(CC=C)C(C)(C)CC(C)(C)C)C23CC[C@H]1S3)c1ccccc1. The van der Waals surface area contributed by atoms with Crippen molar-refractivity contribution in [2.24, 2.45) is 17.3 Å². The van der Waals surface area contributed by atoms with E-state index in [1.54, 1.807) is 40.6 Å². The van der Waals surface area contributed by atoms with Crippen LogP contribution < -0.4 is 4.90 Å². The average Bonchev–Trinajstić information content (AvgIpc) is 3.55. The molecular formula is C33H47N3O4S. The summed E-state index contributed by atoms with van der Waals surface area (Å²) in [6, 6.07) is 8.16. The third kappa shape index (κ3) is 5.50. The van der Waals surface area contributed by atoms with Crippen LogP contribution in [0.2, 0.25) is 0 Å². The average molecular weight is 582 g/mol. The van der Waals surface area contributed by atoms with E-state index in [1.165, 1.54) is 0 Å². The van der Waals surface area contributed by atoms with Crippen LogP contribution in [0.25, 0.3) is 0 Å². The van der Waals surface area contributed by atoms with Gasteiger partial charge in [0, 0.05) is 29.6 Å². The zero-order valence-electron chi connectivity index (χ0n) is 25.5. The first-order valence-electron chi connectivity index (χ1n) is 14.7. The van der Waals surface area contributed by atoms with E-state index in [2.05, 4.69) is 47.8 Å². The number of nitrogens with zero attached hydrogens (tertiary/aromatic N) is 3. The molecule has 7 nitrogen and oxygen atoms in total. The van der Waals surface area contributed by atoms with Gasteiger partial charge in [0.1, 0.15) is 6.04 Å². The highest BCUT2D eigenvalue weighted by atomic mass is 32.2. The maximum atomic E-state index is 14.8. The fourth-order valence-corrected chi connectivity index (χ4v) is 9.95. The molecule has 8 heteroatoms. The van der Waals surface area contributed by atoms with E-state index < -0.39 is 34.2 Å². The largest absolute Gasteiger partial charge is 0.394 e. The van der Waals surface area contributed by atoms with Crippen LogP contribution in [-0.4, -0.2) is 79.9 Å². The van der Waals surface area contributed by atoms with Gasteiger partial charge in [-0.05, 0) is 57.6 Å². The molecule has 0 aliphatic carbocycles. The smallest absolute Gasteiger partial charge is 0.247 e. The van der Waals surface area contributed by atoms with Crippen LogP contribution in [-0.2, 0) is 14.4 Å². The van der Waals surface area contributed by atoms with Crippen LogP contribution in [0.1, 0.15) is 60.8 Å². The monoisotopic (exact) mass is 581 g/mol. The molecule has 0 saturated carbocycles. The number of hydrogen-bond acceptors (Lipinski definition) is 5. The van der Waals surface area contributed by atoms with E-state index in [9.17, 15) is 19.5 Å². The Morgan fingerprint density at radius 2 is 1.76 bits per heavy atom. The first kappa shape index (κ1) is 31.4. The number of likely N-dealkylation sites (tertiary alicyclic amines) is 1. The third-order valence-electron chi connectivity index (χ3n) is 8.91. The summed E-state index contributed by atoms with van der Waals surface area (Å²) in [6.45, 7) is 20.6. The lowest BCUT2D eigenvalue weighted by atomic mass is 9.70. The van der Waals surface area contributed by atoms with Crippen LogP contribution >= 0.6 is 11.8 Å². The number of amides is 3. The van der Waals surface area contributed by atoms with Crippen LogP contribution in [0.5, 0.6) is 0 Å². The zero-order valence-corrected chi connectivity index (χ0v) is 26.3. The Bertz CT molecular complexity index is 1180. The molecule has 0 radical (unpaired) electrons. The molecule has 2 unspecified atom stereocenters. The lowest BCUT2D eigenvalue weighted by Crippen LogP contribution is -2.61. The Hall–Kier alpha value is -2.58. The molecule has 0 aromatic heterocycles. The van der Waals surface area contributed by atoms with Gasteiger partial charge in [0.15, 0.2) is 0 Å². The number of carbonyl (C=O) groups excluding carboxylic acids is 3. The van der Waals surface area contributed by atoms with Gasteiger partial charge in [-0.25, -0.2) is 0 Å². The van der Waals surface area contributed by atoms with Gasteiger partial charge in [-0.15, -0.1) is 24.9 Å². The molecule has 3 aliphatic heterocycles. The maximum Gasteiger partial charge on any atom is 0.247 e. The molecule has 1 aromatic carbocycles. The molecule has 224 valence electrons. The van der Waals surface area contributed by atoms with E-state index in [0.29, 0.717) is 19.5 Å². The van der Waals surface area contributed by atoms with Crippen LogP contribution in [0.4, 0.5) is 5.69 Å². The molecule has 1 spiro atoms. The predicted molar refractivity (Wildman–Crippen MR) is 167 cm³/mol. The van der Waals surface area contributed by atoms with Crippen molar-refractivity contribution in [3.63, 3.8) is 0 Å². The number of aliphatic hydroxyl groups is 1. The van der Waals surface area contributed by atoms with Gasteiger partial charge in [-0.1, -0.05) is 51.1 Å². The summed E-state index contributed by atoms with van der Waals surface area (Å²) < 4.78 is -0.726. The standard InChI is InChI=1S/C33H47N3O4S/c1-9-18-34(23-14-12-11-13-15-23)28(38)25-24-16-17-33(41-24)26(25)29(39)36(22(3)20-37)27(33)30(40)35(19-10-2)32(7,8)21-31(4,5)6/h9-15,22,24-27,37H,1-2,16-21H2,3-8H3/t22-,24-,25+,26+,27?,33?/m1/s1. The molecule has 3 fully saturated rings. The summed E-state index contributed by atoms with van der Waals surface area (Å²) in [5.41, 5.74) is 0.233. The van der Waals surface area contributed by atoms with Gasteiger partial charge in [0.2, 0.25) is 17.7 Å². The summed E-state index contributed by atoms with van der Waals surface area (Å²) >= 11 is 1.66. The highest BCUT2D eigenvalue weighted by molar-refractivity contribution is 8.02. The topological polar surface area (TPSA) is 81.2 Å². The Balaban J connectivity index is 1.78. The highest BCUT2D eigenvalue weighted by Crippen LogP contribution is 2.67. The van der Waals surface area contributed by atoms with Gasteiger partial charge in [-0.2, -0.15) is 0 Å². The van der Waals surface area contributed by atoms with Crippen molar-refractivity contribution in [2.45, 2.75) is 88.4 Å². The van der Waals surface area contributed by atoms with Crippen molar-refractivity contribution in [2.75, 3.05) is 24.6 Å². The normalized spacial score (nSPS) is 27.9. The predicted octanol–water partition coefficient (Wildman–Crippen LogP) is 4.91. The van der Waals surface area contributed by atoms with Gasteiger partial charge in [-0.3, -0.25) is 14.4 Å². The minimum Gasteiger partial charge on any atom is -0.394 e. The third-order valence-corrected chi connectivity index (χ3v) is 10.9. The summed E-state index contributed by atoms with van der Waals surface area (Å²) in [4.78, 5) is 48.7. The Labute approximate surface area is 250 Å². The quantitative estimate of drug-likeness (QED) is 0.376. The van der Waals surface area contributed by atoms with Crippen LogP contribution in [0.15, 0.2) is 55.6 Å². The lowest BCUT2D eigenvalue weighted by Gasteiger charge is -2.46. The van der Waals surface area contributed by atoms with Crippen molar-refractivity contribution in [1.82, 2.24) is 9.80 Å². The van der Waals surface area contributed by atoms with Gasteiger partial charge in [0.05, 0.1) is 29.2 Å². The second kappa shape index (κ2) is 11.6. The van der Waals surface area contributed by atoms with E-state index in [-0.39, 0.29) is 35.0 Å². The second-order valence-electron chi connectivity index (χ2n) is 13.7. The van der Waals surface area contributed by atoms with Crippen molar-refractivity contribution in [1.29, 1.82) is 0 Å². The van der Waals surface area contributed by atoms with E-state index >= 15 is 0 Å². The first-order valence-corrected chi connectivity index (χ1v) is 15.6. The number of rotatable bonds is 11. The Morgan fingerprint density at radius 1 is 1.12 bits per heavy atom. The molecule has 3 saturated heterocycles. The summed E-state index contributed by atoms with van der Waals surface area (Å²) in [7, 11) is 0. The zero-order chi connectivity index (χ0) is 30.3. The summed E-state index contributed by atoms with van der Waals surface area (Å²) in [5, 5.41) is 10.2. The van der Waals surface area contributed by atoms with E-state index in [4.69, 9.17) is 0 Å². The van der Waals surface area contributed by atoms with E-state index in [1.807, 2.05) is 35.2 Å². The molecule has 3 heterocycles. The van der Waals surface area contributed by atoms with Crippen LogP contribution in [0, 0.1) is 17.3 Å². The molecule has 6 atom stereocenters. The number of anilines is 1. The number of benzene rings is 1. The minimum atomic E-state index is -0.765. The summed E-state index contributed by atoms with van der Waals surface area (Å²) in [6.07, 6.45) is 5.65. The van der Waals surface area contributed by atoms with Crippen molar-refractivity contribution >= 4 is 35.2 Å². The second-order valence-corrected chi connectivity index (χ2v) is 15.3. The van der Waals surface area contributed by atoms with Crippen LogP contribution in [0.3, 0.4) is 0 Å². The van der Waals surface area contributed by atoms with Gasteiger partial charge in [0.25, 0.3) is 0 Å². The lowest BCUT2D eigenvalue weighted by molar-refractivity contribution is -0.148. The highest BCUT2D eigenvalue weighted by Gasteiger charge is 2.74. The van der Waals surface area contributed by atoms with Crippen molar-refractivity contribution in [3.05, 3.63) is 55.6 Å². The number of thioether (sulfide) groups is 1. The maximum absolute atomic E-state index is 14.8. The molecule has 41 heavy (non-hydrogen) atoms. The molecular weight excluding hydrogens is 534 g/mol. The first-order chi connectivity index (χ1) is 19.2. The number of fused-ring (bicyclic) bond motifs is 1. The number of hydrogen-bond donors (Lipinski definition) is 1. The Morgan fingerprint density at radius 3 is 2.32 bits per heavy atom. The van der Waals surface area contributed by atoms with Gasteiger partial charge >= 0.3 is 0 Å². The molecule has 1 N–H and O–H groups in total.